The highest BCUT2D eigenvalue weighted by Gasteiger charge is 2.14. The molecule has 1 atom stereocenters. The summed E-state index contributed by atoms with van der Waals surface area (Å²) < 4.78 is 0. The van der Waals surface area contributed by atoms with Crippen molar-refractivity contribution >= 4 is 20.1 Å². The molecule has 0 fully saturated rings. The zero-order valence-corrected chi connectivity index (χ0v) is 22.9. The van der Waals surface area contributed by atoms with Gasteiger partial charge in [0, 0.05) is 18.6 Å². The first kappa shape index (κ1) is 26.4. The molecule has 0 bridgehead atoms. The van der Waals surface area contributed by atoms with Crippen molar-refractivity contribution in [2.45, 2.75) is 122 Å². The third kappa shape index (κ3) is 10.5. The van der Waals surface area contributed by atoms with Crippen molar-refractivity contribution in [1.29, 1.82) is 0 Å². The molecule has 0 nitrogen and oxygen atoms in total. The van der Waals surface area contributed by atoms with Crippen LogP contribution in [0.15, 0.2) is 36.4 Å². The summed E-state index contributed by atoms with van der Waals surface area (Å²) in [6.07, 6.45) is 19.3. The van der Waals surface area contributed by atoms with Crippen LogP contribution in [0.5, 0.6) is 0 Å². The van der Waals surface area contributed by atoms with Crippen LogP contribution >= 0.6 is 11.3 Å². The molecule has 0 amide bonds. The highest BCUT2D eigenvalue weighted by Crippen LogP contribution is 2.30. The molecule has 1 heterocycles. The van der Waals surface area contributed by atoms with Crippen molar-refractivity contribution < 1.29 is 0 Å². The quantitative estimate of drug-likeness (QED) is 0.164. The Morgan fingerprint density at radius 3 is 1.97 bits per heavy atom. The van der Waals surface area contributed by atoms with Crippen molar-refractivity contribution in [3.63, 3.8) is 0 Å². The second-order valence-corrected chi connectivity index (χ2v) is 14.5. The van der Waals surface area contributed by atoms with Gasteiger partial charge in [-0.2, -0.15) is 0 Å². The van der Waals surface area contributed by atoms with Gasteiger partial charge in [-0.25, -0.2) is 0 Å². The van der Waals surface area contributed by atoms with Crippen molar-refractivity contribution in [2.75, 3.05) is 0 Å². The third-order valence-electron chi connectivity index (χ3n) is 6.85. The van der Waals surface area contributed by atoms with Gasteiger partial charge in [0.2, 0.25) is 0 Å². The smallest absolute Gasteiger partial charge is 0.0345 e. The molecule has 2 heteroatoms. The molecule has 0 radical (unpaired) electrons. The SMILES string of the molecule is CCCCCCCCCCc1ccc(-c2ccc(CCC(CCCC)[SiH](C)C)cc2)s1. The van der Waals surface area contributed by atoms with E-state index in [9.17, 15) is 0 Å². The van der Waals surface area contributed by atoms with Gasteiger partial charge >= 0.3 is 0 Å². The maximum Gasteiger partial charge on any atom is 0.0345 e. The molecule has 0 spiro atoms. The highest BCUT2D eigenvalue weighted by atomic mass is 32.1. The van der Waals surface area contributed by atoms with Crippen molar-refractivity contribution in [3.8, 4) is 10.4 Å². The minimum atomic E-state index is -0.535. The Bertz CT molecular complexity index is 685. The van der Waals surface area contributed by atoms with Crippen LogP contribution in [0.25, 0.3) is 10.4 Å². The van der Waals surface area contributed by atoms with Crippen LogP contribution in [0.4, 0.5) is 0 Å². The molecule has 0 aliphatic rings. The molecule has 31 heavy (non-hydrogen) atoms. The first-order valence-corrected chi connectivity index (χ1v) is 17.1. The van der Waals surface area contributed by atoms with Gasteiger partial charge in [0.15, 0.2) is 0 Å². The molecule has 174 valence electrons. The minimum Gasteiger partial charge on any atom is -0.140 e. The number of benzene rings is 1. The van der Waals surface area contributed by atoms with Crippen LogP contribution in [0.3, 0.4) is 0 Å². The number of hydrogen-bond acceptors (Lipinski definition) is 1. The summed E-state index contributed by atoms with van der Waals surface area (Å²) >= 11 is 2.00. The average molecular weight is 457 g/mol. The molecule has 1 aromatic heterocycles. The Morgan fingerprint density at radius 1 is 0.677 bits per heavy atom. The normalized spacial score (nSPS) is 12.5. The minimum absolute atomic E-state index is 0.535. The topological polar surface area (TPSA) is 0 Å². The molecule has 2 rings (SSSR count). The molecular formula is C29H48SSi. The second-order valence-electron chi connectivity index (χ2n) is 9.87. The third-order valence-corrected chi connectivity index (χ3v) is 10.6. The molecule has 2 aromatic rings. The van der Waals surface area contributed by atoms with Gasteiger partial charge in [-0.3, -0.25) is 0 Å². The zero-order chi connectivity index (χ0) is 22.3. The highest BCUT2D eigenvalue weighted by molar-refractivity contribution is 7.15. The van der Waals surface area contributed by atoms with Gasteiger partial charge in [0.05, 0.1) is 0 Å². The van der Waals surface area contributed by atoms with Crippen molar-refractivity contribution in [1.82, 2.24) is 0 Å². The number of thiophene rings is 1. The fourth-order valence-corrected chi connectivity index (χ4v) is 7.36. The monoisotopic (exact) mass is 456 g/mol. The maximum atomic E-state index is 2.53. The molecule has 0 aliphatic heterocycles. The lowest BCUT2D eigenvalue weighted by Gasteiger charge is -2.19. The Hall–Kier alpha value is -0.863. The first-order valence-electron chi connectivity index (χ1n) is 13.3. The van der Waals surface area contributed by atoms with Crippen LogP contribution in [-0.2, 0) is 12.8 Å². The number of unbranched alkanes of at least 4 members (excludes halogenated alkanes) is 8. The van der Waals surface area contributed by atoms with Crippen LogP contribution in [0, 0.1) is 0 Å². The van der Waals surface area contributed by atoms with Crippen molar-refractivity contribution in [2.24, 2.45) is 0 Å². The van der Waals surface area contributed by atoms with E-state index in [1.54, 1.807) is 4.88 Å². The first-order chi connectivity index (χ1) is 15.1. The fourth-order valence-electron chi connectivity index (χ4n) is 4.57. The zero-order valence-electron chi connectivity index (χ0n) is 20.9. The predicted molar refractivity (Wildman–Crippen MR) is 147 cm³/mol. The van der Waals surface area contributed by atoms with Crippen LogP contribution in [0.1, 0.15) is 101 Å². The maximum absolute atomic E-state index is 2.53. The fraction of sp³-hybridized carbons (Fsp3) is 0.655. The van der Waals surface area contributed by atoms with Crippen LogP contribution < -0.4 is 0 Å². The Kier molecular flexibility index (Phi) is 13.5. The van der Waals surface area contributed by atoms with Gasteiger partial charge in [-0.05, 0) is 54.5 Å². The molecule has 0 aliphatic carbocycles. The predicted octanol–water partition coefficient (Wildman–Crippen LogP) is 10.1. The summed E-state index contributed by atoms with van der Waals surface area (Å²) in [7, 11) is -0.535. The van der Waals surface area contributed by atoms with Gasteiger partial charge in [0.25, 0.3) is 0 Å². The van der Waals surface area contributed by atoms with E-state index in [1.807, 2.05) is 11.3 Å². The van der Waals surface area contributed by atoms with Crippen LogP contribution in [-0.4, -0.2) is 8.80 Å². The van der Waals surface area contributed by atoms with E-state index < -0.39 is 8.80 Å². The van der Waals surface area contributed by atoms with E-state index in [2.05, 4.69) is 63.3 Å². The number of aryl methyl sites for hydroxylation is 2. The Morgan fingerprint density at radius 2 is 1.32 bits per heavy atom. The van der Waals surface area contributed by atoms with E-state index >= 15 is 0 Å². The number of rotatable bonds is 17. The average Bonchev–Trinajstić information content (AvgIpc) is 3.25. The second kappa shape index (κ2) is 15.9. The van der Waals surface area contributed by atoms with E-state index in [0.717, 1.165) is 5.54 Å². The van der Waals surface area contributed by atoms with Gasteiger partial charge in [-0.1, -0.05) is 115 Å². The summed E-state index contributed by atoms with van der Waals surface area (Å²) in [4.78, 5) is 3.00. The van der Waals surface area contributed by atoms with Crippen molar-refractivity contribution in [3.05, 3.63) is 46.8 Å². The summed E-state index contributed by atoms with van der Waals surface area (Å²) in [5, 5.41) is 0. The number of hydrogen-bond donors (Lipinski definition) is 0. The van der Waals surface area contributed by atoms with Crippen LogP contribution in [0.2, 0.25) is 18.6 Å². The largest absolute Gasteiger partial charge is 0.140 e. The molecule has 1 aromatic carbocycles. The van der Waals surface area contributed by atoms with E-state index in [-0.39, 0.29) is 0 Å². The van der Waals surface area contributed by atoms with Gasteiger partial charge in [0.1, 0.15) is 0 Å². The molecule has 0 saturated heterocycles. The summed E-state index contributed by atoms with van der Waals surface area (Å²) in [6.45, 7) is 9.68. The van der Waals surface area contributed by atoms with E-state index in [0.29, 0.717) is 0 Å². The summed E-state index contributed by atoms with van der Waals surface area (Å²) in [6, 6.07) is 14.2. The standard InChI is InChI=1S/C29H48SSi/c1-5-7-9-10-11-12-13-14-15-27-22-24-29(30-27)26-20-17-25(18-21-26)19-23-28(31(3)4)16-8-6-2/h17-18,20-22,24,28,31H,5-16,19,23H2,1-4H3. The molecule has 0 saturated carbocycles. The molecule has 1 unspecified atom stereocenters. The van der Waals surface area contributed by atoms with E-state index in [1.165, 1.54) is 106 Å². The Balaban J connectivity index is 1.73. The molecular weight excluding hydrogens is 408 g/mol. The summed E-state index contributed by atoms with van der Waals surface area (Å²) in [5.41, 5.74) is 3.93. The lowest BCUT2D eigenvalue weighted by molar-refractivity contribution is 0.576. The molecule has 0 N–H and O–H groups in total. The van der Waals surface area contributed by atoms with Gasteiger partial charge < -0.3 is 0 Å². The summed E-state index contributed by atoms with van der Waals surface area (Å²) in [5.74, 6) is 0. The van der Waals surface area contributed by atoms with Gasteiger partial charge in [-0.15, -0.1) is 11.3 Å². The van der Waals surface area contributed by atoms with E-state index in [4.69, 9.17) is 0 Å². The lowest BCUT2D eigenvalue weighted by atomic mass is 10.0. The Labute approximate surface area is 199 Å². The lowest BCUT2D eigenvalue weighted by Crippen LogP contribution is -2.13.